The first-order valence-corrected chi connectivity index (χ1v) is 39.4. The minimum Gasteiger partial charge on any atom is -0.438 e. The van der Waals surface area contributed by atoms with Gasteiger partial charge in [0.15, 0.2) is 0 Å². The lowest BCUT2D eigenvalue weighted by Crippen LogP contribution is -2.51. The van der Waals surface area contributed by atoms with Crippen molar-refractivity contribution in [2.75, 3.05) is 13.1 Å². The number of nitrogens with zero attached hydrogens (tertiary/aromatic N) is 5. The van der Waals surface area contributed by atoms with Gasteiger partial charge in [0.2, 0.25) is 5.56 Å². The number of aromatic nitrogens is 2. The Bertz CT molecular complexity index is 3940. The summed E-state index contributed by atoms with van der Waals surface area (Å²) in [5, 5.41) is 40.0. The van der Waals surface area contributed by atoms with Crippen LogP contribution in [0.4, 0.5) is 9.59 Å². The summed E-state index contributed by atoms with van der Waals surface area (Å²) in [5.74, 6) is 0. The lowest BCUT2D eigenvalue weighted by Gasteiger charge is -2.45. The largest absolute Gasteiger partial charge is 0.494 e. The number of rotatable bonds is 15. The summed E-state index contributed by atoms with van der Waals surface area (Å²) in [4.78, 5) is 58.8. The van der Waals surface area contributed by atoms with Gasteiger partial charge in [-0.3, -0.25) is 9.59 Å². The molecule has 570 valence electrons. The smallest absolute Gasteiger partial charge is 0.438 e. The molecular weight excluding hydrogens is 1640 g/mol. The van der Waals surface area contributed by atoms with Crippen molar-refractivity contribution in [2.45, 2.75) is 231 Å². The van der Waals surface area contributed by atoms with Gasteiger partial charge in [0, 0.05) is 111 Å². The molecule has 6 atom stereocenters. The van der Waals surface area contributed by atoms with Crippen LogP contribution in [-0.4, -0.2) is 133 Å². The molecule has 18 nitrogen and oxygen atoms in total. The number of pyridine rings is 2. The number of carbonyl (C=O) groups excluding carboxylic acids is 2. The van der Waals surface area contributed by atoms with Gasteiger partial charge >= 0.3 is 19.3 Å². The lowest BCUT2D eigenvalue weighted by molar-refractivity contribution is -0.102. The average Bonchev–Trinajstić information content (AvgIpc) is 1.76. The number of cyclic esters (lactones) is 2. The molecule has 6 aromatic rings. The monoisotopic (exact) mass is 1740 g/mol. The zero-order valence-electron chi connectivity index (χ0n) is 64.1. The van der Waals surface area contributed by atoms with Gasteiger partial charge in [0.25, 0.3) is 5.56 Å². The Kier molecular flexibility index (Phi) is 32.0. The third-order valence-electron chi connectivity index (χ3n) is 18.6. The first kappa shape index (κ1) is 87.8. The predicted molar refractivity (Wildman–Crippen MR) is 441 cm³/mol. The van der Waals surface area contributed by atoms with Gasteiger partial charge in [-0.25, -0.2) is 9.59 Å². The van der Waals surface area contributed by atoms with Gasteiger partial charge in [0.1, 0.15) is 23.7 Å². The van der Waals surface area contributed by atoms with E-state index in [4.69, 9.17) is 18.8 Å². The van der Waals surface area contributed by atoms with Crippen molar-refractivity contribution in [2.24, 2.45) is 0 Å². The second-order valence-electron chi connectivity index (χ2n) is 30.3. The molecule has 23 heteroatoms. The number of allylic oxidation sites excluding steroid dienone is 4. The average molecular weight is 1750 g/mol. The highest BCUT2D eigenvalue weighted by molar-refractivity contribution is 14.1. The molecule has 0 aliphatic carbocycles. The summed E-state index contributed by atoms with van der Waals surface area (Å²) < 4.78 is 30.0. The molecule has 4 aromatic carbocycles. The van der Waals surface area contributed by atoms with Crippen LogP contribution in [0.15, 0.2) is 206 Å². The number of carbonyl (C=O) groups is 2. The summed E-state index contributed by atoms with van der Waals surface area (Å²) in [7, 11) is -0.419. The number of halogens is 4. The van der Waals surface area contributed by atoms with E-state index in [0.717, 1.165) is 56.2 Å². The van der Waals surface area contributed by atoms with Crippen LogP contribution in [0.5, 0.6) is 0 Å². The molecule has 2 amide bonds. The van der Waals surface area contributed by atoms with E-state index in [9.17, 15) is 39.6 Å². The standard InChI is InChI=1S/C30H36N2O4.C28H38BNO5.2C8H12BrNO.C5H4BrNO.C3H7I/c1-21(2)32-19-25(15-16-27(32)33)24-13-11-23(12-14-24)22(3)31-18-17-30(36-28(31)34,20-29(4,5)35)26-9-7-6-8-10-26;1-20(21-13-15-23(16-14-21)29-34-26(4,5)27(6,7)35-29)30-18-17-28(33-24(30)31,19-25(2,3)32)22-11-9-8-10-12-22;2*1-6(2)10-5-7(9)3-4-8(10)11;6-4-1-2-5(8)7-3-4;1-3(2)4/h6-16,19,21-22,35H,17-18,20H2,1-5H3;8-16,20,32H,17-19H2,1-7H3;2*3-6,8,11H,1-2H3;1-3H,(H,7,8);3H,1-2H3/t22-,30-;20-,28-;;;;/m00..../s1. The van der Waals surface area contributed by atoms with Crippen LogP contribution < -0.4 is 16.6 Å². The molecule has 105 heavy (non-hydrogen) atoms. The number of nitrogens with one attached hydrogen (secondary N) is 1. The molecule has 3 saturated heterocycles. The second-order valence-corrected chi connectivity index (χ2v) is 35.6. The summed E-state index contributed by atoms with van der Waals surface area (Å²) in [6.07, 6.45) is 14.6. The SMILES string of the molecule is CC(C)I.CC(C)N1C=C(Br)C=CC1O.CC(C)N1C=C(Br)C=CC1O.CC(C)n1cc(-c2ccc([C@H](C)N3CC[C@](CC(C)(C)O)(c4ccccc4)OC3=O)cc2)ccc1=O.C[C@@H](c1ccc(B2OC(C)(C)C(C)(C)O2)cc1)N1CC[C@](CC(C)(C)O)(c2ccccc2)OC1=O.O=c1ccc(Br)c[nH]1. The highest BCUT2D eigenvalue weighted by atomic mass is 127. The first-order valence-electron chi connectivity index (χ1n) is 35.8. The van der Waals surface area contributed by atoms with Crippen LogP contribution in [-0.2, 0) is 30.0 Å². The maximum atomic E-state index is 13.3. The Hall–Kier alpha value is -6.13. The third kappa shape index (κ3) is 25.5. The predicted octanol–water partition coefficient (Wildman–Crippen LogP) is 17.6. The molecular formula is C82H109BBr3IN6O12. The minimum absolute atomic E-state index is 0.0150. The van der Waals surface area contributed by atoms with E-state index >= 15 is 0 Å². The first-order chi connectivity index (χ1) is 49.0. The van der Waals surface area contributed by atoms with Gasteiger partial charge in [-0.15, -0.1) is 0 Å². The zero-order valence-corrected chi connectivity index (χ0v) is 71.0. The Morgan fingerprint density at radius 2 is 0.943 bits per heavy atom. The van der Waals surface area contributed by atoms with E-state index in [2.05, 4.69) is 89.2 Å². The Morgan fingerprint density at radius 3 is 1.28 bits per heavy atom. The fraction of sp³-hybridized carbons (Fsp3) is 0.463. The number of aliphatic hydroxyl groups excluding tert-OH is 2. The van der Waals surface area contributed by atoms with Gasteiger partial charge < -0.3 is 68.4 Å². The molecule has 7 heterocycles. The third-order valence-corrected chi connectivity index (χ3v) is 20.1. The van der Waals surface area contributed by atoms with Crippen molar-refractivity contribution < 1.29 is 48.8 Å². The van der Waals surface area contributed by atoms with Crippen LogP contribution in [0, 0.1) is 0 Å². The van der Waals surface area contributed by atoms with E-state index < -0.39 is 53.2 Å². The van der Waals surface area contributed by atoms with Gasteiger partial charge in [0.05, 0.1) is 34.5 Å². The van der Waals surface area contributed by atoms with E-state index in [-0.39, 0.29) is 41.4 Å². The summed E-state index contributed by atoms with van der Waals surface area (Å²) in [6, 6.07) is 42.6. The van der Waals surface area contributed by atoms with Crippen LogP contribution >= 0.6 is 70.4 Å². The molecule has 5 N–H and O–H groups in total. The van der Waals surface area contributed by atoms with E-state index in [1.807, 2.05) is 239 Å². The number of hydrogen-bond acceptors (Lipinski definition) is 14. The van der Waals surface area contributed by atoms with Crippen molar-refractivity contribution in [3.05, 3.63) is 239 Å². The van der Waals surface area contributed by atoms with E-state index in [1.165, 1.54) is 6.07 Å². The van der Waals surface area contributed by atoms with Crippen LogP contribution in [0.1, 0.15) is 191 Å². The number of alkyl halides is 1. The number of ether oxygens (including phenoxy) is 2. The maximum absolute atomic E-state index is 13.3. The lowest BCUT2D eigenvalue weighted by atomic mass is 9.78. The summed E-state index contributed by atoms with van der Waals surface area (Å²) >= 11 is 12.2. The van der Waals surface area contributed by atoms with Gasteiger partial charge in [-0.1, -0.05) is 146 Å². The van der Waals surface area contributed by atoms with Crippen LogP contribution in [0.2, 0.25) is 0 Å². The van der Waals surface area contributed by atoms with Crippen molar-refractivity contribution in [1.29, 1.82) is 0 Å². The molecule has 0 spiro atoms. The van der Waals surface area contributed by atoms with Crippen molar-refractivity contribution in [3.63, 3.8) is 0 Å². The number of H-pyrrole nitrogens is 1. The minimum atomic E-state index is -0.988. The van der Waals surface area contributed by atoms with Crippen molar-refractivity contribution in [3.8, 4) is 11.1 Å². The molecule has 11 rings (SSSR count). The van der Waals surface area contributed by atoms with Gasteiger partial charge in [-0.2, -0.15) is 0 Å². The normalized spacial score (nSPS) is 21.0. The molecule has 3 fully saturated rings. The topological polar surface area (TPSA) is 220 Å². The Labute approximate surface area is 661 Å². The maximum Gasteiger partial charge on any atom is 0.494 e. The van der Waals surface area contributed by atoms with Crippen LogP contribution in [0.25, 0.3) is 11.1 Å². The zero-order chi connectivity index (χ0) is 78.2. The van der Waals surface area contributed by atoms with E-state index in [0.29, 0.717) is 50.9 Å². The summed E-state index contributed by atoms with van der Waals surface area (Å²) in [6.45, 7) is 36.7. The molecule has 5 aliphatic rings. The highest BCUT2D eigenvalue weighted by Gasteiger charge is 2.52. The number of aromatic amines is 1. The fourth-order valence-corrected chi connectivity index (χ4v) is 13.5. The second kappa shape index (κ2) is 38.3. The molecule has 2 unspecified atom stereocenters. The molecule has 0 saturated carbocycles. The molecule has 2 aromatic heterocycles. The van der Waals surface area contributed by atoms with Crippen molar-refractivity contribution in [1.82, 2.24) is 29.2 Å². The number of amides is 2. The van der Waals surface area contributed by atoms with E-state index in [1.54, 1.807) is 72.5 Å². The molecule has 0 radical (unpaired) electrons. The summed E-state index contributed by atoms with van der Waals surface area (Å²) in [5.41, 5.74) is 2.20. The van der Waals surface area contributed by atoms with Gasteiger partial charge in [-0.05, 0) is 234 Å². The quantitative estimate of drug-likeness (QED) is 0.0367. The molecule has 5 aliphatic heterocycles. The molecule has 0 bridgehead atoms. The number of aliphatic hydroxyl groups is 4. The Morgan fingerprint density at radius 1 is 0.552 bits per heavy atom. The number of benzene rings is 4. The highest BCUT2D eigenvalue weighted by Crippen LogP contribution is 2.45. The van der Waals surface area contributed by atoms with Crippen LogP contribution in [0.3, 0.4) is 0 Å². The number of hydrogen-bond donors (Lipinski definition) is 5. The Balaban J connectivity index is 0.000000229. The van der Waals surface area contributed by atoms with Crippen molar-refractivity contribution >= 4 is 95.1 Å². The fourth-order valence-electron chi connectivity index (χ4n) is 12.5.